The van der Waals surface area contributed by atoms with Gasteiger partial charge in [0, 0.05) is 30.3 Å². The second-order valence-electron chi connectivity index (χ2n) is 7.91. The summed E-state index contributed by atoms with van der Waals surface area (Å²) in [4.78, 5) is 27.5. The van der Waals surface area contributed by atoms with Gasteiger partial charge in [0.2, 0.25) is 11.8 Å². The van der Waals surface area contributed by atoms with Crippen molar-refractivity contribution in [3.63, 3.8) is 0 Å². The van der Waals surface area contributed by atoms with E-state index >= 15 is 0 Å². The van der Waals surface area contributed by atoms with Gasteiger partial charge < -0.3 is 19.3 Å². The van der Waals surface area contributed by atoms with Crippen LogP contribution >= 0.6 is 0 Å². The molecule has 11 heteroatoms. The van der Waals surface area contributed by atoms with Crippen LogP contribution in [-0.2, 0) is 17.5 Å². The van der Waals surface area contributed by atoms with Gasteiger partial charge in [-0.15, -0.1) is 10.2 Å². The summed E-state index contributed by atoms with van der Waals surface area (Å²) in [6.45, 7) is 0.834. The third-order valence-corrected chi connectivity index (χ3v) is 5.66. The SMILES string of the molecule is O=C(O)N1CCC(C(=O)N(Cc2ccc(-c3nnc(C(F)(F)F)o3)cc2)c2ccccc2)CC1. The molecule has 178 valence electrons. The quantitative estimate of drug-likeness (QED) is 0.577. The molecule has 8 nitrogen and oxygen atoms in total. The number of nitrogens with zero attached hydrogens (tertiary/aromatic N) is 4. The van der Waals surface area contributed by atoms with Gasteiger partial charge in [-0.05, 0) is 42.7 Å². The maximum absolute atomic E-state index is 13.4. The third-order valence-electron chi connectivity index (χ3n) is 5.66. The molecule has 0 aliphatic carbocycles. The monoisotopic (exact) mass is 474 g/mol. The molecule has 1 aliphatic rings. The van der Waals surface area contributed by atoms with Crippen LogP contribution < -0.4 is 4.90 Å². The highest BCUT2D eigenvalue weighted by Gasteiger charge is 2.38. The van der Waals surface area contributed by atoms with Gasteiger partial charge in [0.1, 0.15) is 0 Å². The second kappa shape index (κ2) is 9.54. The molecule has 1 fully saturated rings. The first-order valence-electron chi connectivity index (χ1n) is 10.6. The minimum absolute atomic E-state index is 0.105. The summed E-state index contributed by atoms with van der Waals surface area (Å²) in [6, 6.07) is 15.6. The zero-order valence-electron chi connectivity index (χ0n) is 17.9. The van der Waals surface area contributed by atoms with E-state index in [0.717, 1.165) is 5.56 Å². The van der Waals surface area contributed by atoms with Crippen LogP contribution in [0.1, 0.15) is 24.3 Å². The van der Waals surface area contributed by atoms with Gasteiger partial charge in [-0.2, -0.15) is 13.2 Å². The van der Waals surface area contributed by atoms with E-state index in [1.807, 2.05) is 30.3 Å². The maximum atomic E-state index is 13.4. The van der Waals surface area contributed by atoms with Crippen molar-refractivity contribution in [2.45, 2.75) is 25.6 Å². The molecule has 3 aromatic rings. The number of benzene rings is 2. The van der Waals surface area contributed by atoms with Crippen molar-refractivity contribution in [2.75, 3.05) is 18.0 Å². The average Bonchev–Trinajstić information content (AvgIpc) is 3.34. The molecule has 0 radical (unpaired) electrons. The Hall–Kier alpha value is -3.89. The van der Waals surface area contributed by atoms with Crippen LogP contribution in [-0.4, -0.2) is 45.3 Å². The number of hydrogen-bond acceptors (Lipinski definition) is 5. The van der Waals surface area contributed by atoms with Crippen LogP contribution in [0.15, 0.2) is 59.0 Å². The van der Waals surface area contributed by atoms with Gasteiger partial charge in [-0.1, -0.05) is 30.3 Å². The van der Waals surface area contributed by atoms with E-state index in [1.165, 1.54) is 4.90 Å². The molecule has 1 aliphatic heterocycles. The normalized spacial score (nSPS) is 14.7. The molecule has 0 saturated carbocycles. The van der Waals surface area contributed by atoms with Crippen molar-refractivity contribution in [2.24, 2.45) is 5.92 Å². The van der Waals surface area contributed by atoms with Crippen LogP contribution in [0.5, 0.6) is 0 Å². The highest BCUT2D eigenvalue weighted by Crippen LogP contribution is 2.31. The molecule has 4 rings (SSSR count). The lowest BCUT2D eigenvalue weighted by atomic mass is 9.95. The van der Waals surface area contributed by atoms with E-state index in [9.17, 15) is 22.8 Å². The molecule has 0 unspecified atom stereocenters. The summed E-state index contributed by atoms with van der Waals surface area (Å²) in [5.74, 6) is -2.08. The number of carbonyl (C=O) groups excluding carboxylic acids is 1. The van der Waals surface area contributed by atoms with Crippen molar-refractivity contribution >= 4 is 17.7 Å². The zero-order valence-corrected chi connectivity index (χ0v) is 17.9. The molecule has 1 saturated heterocycles. The number of para-hydroxylation sites is 1. The molecule has 0 atom stereocenters. The third kappa shape index (κ3) is 5.19. The van der Waals surface area contributed by atoms with Crippen molar-refractivity contribution in [1.29, 1.82) is 0 Å². The van der Waals surface area contributed by atoms with E-state index in [2.05, 4.69) is 10.2 Å². The van der Waals surface area contributed by atoms with Crippen molar-refractivity contribution in [3.8, 4) is 11.5 Å². The Morgan fingerprint density at radius 3 is 2.24 bits per heavy atom. The first-order chi connectivity index (χ1) is 16.2. The number of aromatic nitrogens is 2. The number of alkyl halides is 3. The van der Waals surface area contributed by atoms with Crippen LogP contribution in [0.25, 0.3) is 11.5 Å². The van der Waals surface area contributed by atoms with E-state index in [-0.39, 0.29) is 24.3 Å². The number of hydrogen-bond donors (Lipinski definition) is 1. The lowest BCUT2D eigenvalue weighted by Crippen LogP contribution is -2.44. The summed E-state index contributed by atoms with van der Waals surface area (Å²) in [5.41, 5.74) is 1.77. The number of rotatable bonds is 5. The van der Waals surface area contributed by atoms with Gasteiger partial charge in [0.25, 0.3) is 0 Å². The lowest BCUT2D eigenvalue weighted by molar-refractivity contribution is -0.157. The Labute approximate surface area is 192 Å². The molecule has 0 bridgehead atoms. The smallest absolute Gasteiger partial charge is 0.465 e. The molecular weight excluding hydrogens is 453 g/mol. The number of anilines is 1. The Kier molecular flexibility index (Phi) is 6.53. The molecule has 2 amide bonds. The average molecular weight is 474 g/mol. The topological polar surface area (TPSA) is 99.8 Å². The van der Waals surface area contributed by atoms with Gasteiger partial charge in [-0.25, -0.2) is 4.79 Å². The molecule has 34 heavy (non-hydrogen) atoms. The van der Waals surface area contributed by atoms with E-state index < -0.39 is 18.2 Å². The van der Waals surface area contributed by atoms with E-state index in [1.54, 1.807) is 29.2 Å². The number of amides is 2. The van der Waals surface area contributed by atoms with E-state index in [4.69, 9.17) is 9.52 Å². The van der Waals surface area contributed by atoms with Crippen molar-refractivity contribution in [3.05, 3.63) is 66.1 Å². The molecule has 2 heterocycles. The largest absolute Gasteiger partial charge is 0.470 e. The zero-order chi connectivity index (χ0) is 24.3. The predicted octanol–water partition coefficient (Wildman–Crippen LogP) is 4.68. The minimum atomic E-state index is -4.72. The fourth-order valence-corrected chi connectivity index (χ4v) is 3.83. The first-order valence-corrected chi connectivity index (χ1v) is 10.6. The number of carboxylic acid groups (broad SMARTS) is 1. The molecule has 0 spiro atoms. The summed E-state index contributed by atoms with van der Waals surface area (Å²) in [6.07, 6.45) is -4.84. The Balaban J connectivity index is 1.51. The molecule has 1 aromatic heterocycles. The number of halogens is 3. The van der Waals surface area contributed by atoms with Crippen LogP contribution in [0.4, 0.5) is 23.7 Å². The standard InChI is InChI=1S/C23H21F3N4O4/c24-23(25,26)21-28-27-19(34-21)16-8-6-15(7-9-16)14-30(18-4-2-1-3-5-18)20(31)17-10-12-29(13-11-17)22(32)33/h1-9,17H,10-14H2,(H,32,33). The number of carbonyl (C=O) groups is 2. The van der Waals surface area contributed by atoms with Crippen LogP contribution in [0.2, 0.25) is 0 Å². The summed E-state index contributed by atoms with van der Waals surface area (Å²) < 4.78 is 42.8. The van der Waals surface area contributed by atoms with Crippen LogP contribution in [0.3, 0.4) is 0 Å². The highest BCUT2D eigenvalue weighted by molar-refractivity contribution is 5.95. The number of likely N-dealkylation sites (tertiary alicyclic amines) is 1. The van der Waals surface area contributed by atoms with Crippen molar-refractivity contribution in [1.82, 2.24) is 15.1 Å². The number of piperidine rings is 1. The first kappa shape index (κ1) is 23.3. The van der Waals surface area contributed by atoms with Crippen LogP contribution in [0, 0.1) is 5.92 Å². The van der Waals surface area contributed by atoms with Gasteiger partial charge >= 0.3 is 18.2 Å². The fraction of sp³-hybridized carbons (Fsp3) is 0.304. The summed E-state index contributed by atoms with van der Waals surface area (Å²) in [5, 5.41) is 15.6. The maximum Gasteiger partial charge on any atom is 0.470 e. The Bertz CT molecular complexity index is 1140. The van der Waals surface area contributed by atoms with Gasteiger partial charge in [0.05, 0.1) is 6.54 Å². The minimum Gasteiger partial charge on any atom is -0.465 e. The summed E-state index contributed by atoms with van der Waals surface area (Å²) in [7, 11) is 0. The van der Waals surface area contributed by atoms with Gasteiger partial charge in [-0.3, -0.25) is 4.79 Å². The Morgan fingerprint density at radius 1 is 1.03 bits per heavy atom. The molecule has 1 N–H and O–H groups in total. The fourth-order valence-electron chi connectivity index (χ4n) is 3.83. The summed E-state index contributed by atoms with van der Waals surface area (Å²) >= 11 is 0. The molecule has 2 aromatic carbocycles. The van der Waals surface area contributed by atoms with Gasteiger partial charge in [0.15, 0.2) is 0 Å². The van der Waals surface area contributed by atoms with Crippen molar-refractivity contribution < 1.29 is 32.3 Å². The predicted molar refractivity (Wildman–Crippen MR) is 115 cm³/mol. The lowest BCUT2D eigenvalue weighted by Gasteiger charge is -2.33. The second-order valence-corrected chi connectivity index (χ2v) is 7.91. The van der Waals surface area contributed by atoms with E-state index in [0.29, 0.717) is 37.2 Å². The molecular formula is C23H21F3N4O4. The Morgan fingerprint density at radius 2 is 1.68 bits per heavy atom. The highest BCUT2D eigenvalue weighted by atomic mass is 19.4.